The summed E-state index contributed by atoms with van der Waals surface area (Å²) < 4.78 is 6.50. The molecule has 0 atom stereocenters. The Hall–Kier alpha value is -7.94. The van der Waals surface area contributed by atoms with Crippen LogP contribution in [-0.2, 0) is 0 Å². The molecular weight excluding hydrogens is 727 g/mol. The molecule has 2 nitrogen and oxygen atoms in total. The van der Waals surface area contributed by atoms with Crippen LogP contribution in [0.25, 0.3) is 98.4 Å². The zero-order valence-electron chi connectivity index (χ0n) is 32.7. The molecular formula is C58H37NO. The van der Waals surface area contributed by atoms with E-state index in [1.807, 2.05) is 0 Å². The number of fused-ring (bicyclic) bond motifs is 8. The zero-order valence-corrected chi connectivity index (χ0v) is 32.7. The quantitative estimate of drug-likeness (QED) is 0.157. The fraction of sp³-hybridized carbons (Fsp3) is 0. The van der Waals surface area contributed by atoms with Gasteiger partial charge in [0.25, 0.3) is 0 Å². The van der Waals surface area contributed by atoms with E-state index >= 15 is 0 Å². The first kappa shape index (κ1) is 34.1. The Morgan fingerprint density at radius 2 is 0.850 bits per heavy atom. The van der Waals surface area contributed by atoms with E-state index in [1.54, 1.807) is 0 Å². The van der Waals surface area contributed by atoms with Gasteiger partial charge in [-0.2, -0.15) is 0 Å². The number of hydrogen-bond donors (Lipinski definition) is 0. The molecule has 0 radical (unpaired) electrons. The summed E-state index contributed by atoms with van der Waals surface area (Å²) in [5, 5.41) is 12.0. The lowest BCUT2D eigenvalue weighted by atomic mass is 9.92. The maximum atomic E-state index is 6.50. The minimum absolute atomic E-state index is 0.875. The number of furan rings is 1. The lowest BCUT2D eigenvalue weighted by Crippen LogP contribution is -2.10. The molecule has 2 heteroatoms. The van der Waals surface area contributed by atoms with Crippen molar-refractivity contribution < 1.29 is 4.42 Å². The molecule has 12 rings (SSSR count). The second-order valence-electron chi connectivity index (χ2n) is 15.7. The van der Waals surface area contributed by atoms with Gasteiger partial charge in [0.1, 0.15) is 11.2 Å². The van der Waals surface area contributed by atoms with E-state index in [0.29, 0.717) is 0 Å². The molecule has 0 spiro atoms. The van der Waals surface area contributed by atoms with Gasteiger partial charge in [-0.25, -0.2) is 0 Å². The van der Waals surface area contributed by atoms with Crippen molar-refractivity contribution in [3.05, 3.63) is 224 Å². The molecule has 0 aliphatic rings. The lowest BCUT2D eigenvalue weighted by molar-refractivity contribution is 0.669. The molecule has 1 aromatic heterocycles. The van der Waals surface area contributed by atoms with Crippen LogP contribution < -0.4 is 4.90 Å². The third-order valence-electron chi connectivity index (χ3n) is 12.2. The highest BCUT2D eigenvalue weighted by Crippen LogP contribution is 2.45. The fourth-order valence-electron chi connectivity index (χ4n) is 9.35. The van der Waals surface area contributed by atoms with Gasteiger partial charge in [0.15, 0.2) is 0 Å². The van der Waals surface area contributed by atoms with Crippen LogP contribution in [-0.4, -0.2) is 0 Å². The molecule has 0 N–H and O–H groups in total. The maximum absolute atomic E-state index is 6.50. The number of benzene rings is 11. The topological polar surface area (TPSA) is 16.4 Å². The first-order chi connectivity index (χ1) is 29.7. The first-order valence-corrected chi connectivity index (χ1v) is 20.6. The van der Waals surface area contributed by atoms with E-state index in [-0.39, 0.29) is 0 Å². The summed E-state index contributed by atoms with van der Waals surface area (Å²) in [4.78, 5) is 2.42. The minimum Gasteiger partial charge on any atom is -0.456 e. The highest BCUT2D eigenvalue weighted by molar-refractivity contribution is 6.15. The largest absolute Gasteiger partial charge is 0.456 e. The molecule has 11 aromatic carbocycles. The van der Waals surface area contributed by atoms with Crippen molar-refractivity contribution >= 4 is 82.1 Å². The summed E-state index contributed by atoms with van der Waals surface area (Å²) in [7, 11) is 0. The molecule has 0 saturated heterocycles. The lowest BCUT2D eigenvalue weighted by Gasteiger charge is -2.28. The van der Waals surface area contributed by atoms with E-state index in [4.69, 9.17) is 4.42 Å². The number of rotatable bonds is 6. The van der Waals surface area contributed by atoms with Crippen LogP contribution in [0.3, 0.4) is 0 Å². The molecule has 0 saturated carbocycles. The van der Waals surface area contributed by atoms with Crippen LogP contribution in [0, 0.1) is 0 Å². The average Bonchev–Trinajstić information content (AvgIpc) is 3.67. The van der Waals surface area contributed by atoms with Crippen LogP contribution in [0.1, 0.15) is 0 Å². The van der Waals surface area contributed by atoms with Crippen molar-refractivity contribution in [1.29, 1.82) is 0 Å². The van der Waals surface area contributed by atoms with Gasteiger partial charge in [0.2, 0.25) is 0 Å². The van der Waals surface area contributed by atoms with E-state index in [2.05, 4.69) is 229 Å². The van der Waals surface area contributed by atoms with Crippen LogP contribution in [0.15, 0.2) is 229 Å². The summed E-state index contributed by atoms with van der Waals surface area (Å²) in [5.41, 5.74) is 12.2. The Labute approximate surface area is 347 Å². The normalized spacial score (nSPS) is 11.7. The van der Waals surface area contributed by atoms with Gasteiger partial charge in [0.05, 0.1) is 5.69 Å². The monoisotopic (exact) mass is 763 g/mol. The molecule has 0 aliphatic carbocycles. The number of anilines is 3. The molecule has 0 unspecified atom stereocenters. The highest BCUT2D eigenvalue weighted by Gasteiger charge is 2.20. The maximum Gasteiger partial charge on any atom is 0.136 e. The molecule has 1 heterocycles. The summed E-state index contributed by atoms with van der Waals surface area (Å²) in [6, 6.07) is 81.4. The van der Waals surface area contributed by atoms with E-state index in [1.165, 1.54) is 70.9 Å². The SMILES string of the molecule is c1ccc(-c2ccc(N(c3cccc(-c4cccc(-c5cc6ccccc6c6ccccc56)c4)c3)c3ccc4oc5cc6ccccc6cc5c4c3)c3ccccc23)cc1. The molecule has 0 bridgehead atoms. The average molecular weight is 764 g/mol. The number of hydrogen-bond acceptors (Lipinski definition) is 2. The van der Waals surface area contributed by atoms with E-state index < -0.39 is 0 Å². The van der Waals surface area contributed by atoms with Gasteiger partial charge in [-0.3, -0.25) is 0 Å². The first-order valence-electron chi connectivity index (χ1n) is 20.6. The van der Waals surface area contributed by atoms with Gasteiger partial charge in [0, 0.05) is 27.5 Å². The predicted molar refractivity (Wildman–Crippen MR) is 255 cm³/mol. The van der Waals surface area contributed by atoms with Crippen LogP contribution >= 0.6 is 0 Å². The molecule has 12 aromatic rings. The standard InChI is InChI=1S/C58H37NO/c1-2-14-38(15-3-1)48-29-30-56(52-27-11-10-25-50(48)52)59(46-28-31-57-55(37-46)54-34-41-16-4-5-17-42(41)36-58(54)60-57)45-22-13-20-40(33-45)39-19-12-21-43(32-39)53-35-44-18-6-7-23-47(44)49-24-8-9-26-51(49)53/h1-37H. The Bertz CT molecular complexity index is 3620. The Morgan fingerprint density at radius 3 is 1.67 bits per heavy atom. The van der Waals surface area contributed by atoms with Crippen molar-refractivity contribution in [3.8, 4) is 33.4 Å². The Balaban J connectivity index is 1.05. The van der Waals surface area contributed by atoms with Gasteiger partial charge in [-0.05, 0) is 132 Å². The Morgan fingerprint density at radius 1 is 0.267 bits per heavy atom. The number of nitrogens with zero attached hydrogens (tertiary/aromatic N) is 1. The van der Waals surface area contributed by atoms with E-state index in [9.17, 15) is 0 Å². The molecule has 0 fully saturated rings. The van der Waals surface area contributed by atoms with Crippen molar-refractivity contribution in [2.45, 2.75) is 0 Å². The van der Waals surface area contributed by atoms with E-state index in [0.717, 1.165) is 44.6 Å². The second-order valence-corrected chi connectivity index (χ2v) is 15.7. The van der Waals surface area contributed by atoms with Crippen molar-refractivity contribution in [2.75, 3.05) is 4.90 Å². The van der Waals surface area contributed by atoms with Gasteiger partial charge < -0.3 is 9.32 Å². The summed E-state index contributed by atoms with van der Waals surface area (Å²) >= 11 is 0. The fourth-order valence-corrected chi connectivity index (χ4v) is 9.35. The molecule has 280 valence electrons. The van der Waals surface area contributed by atoms with Crippen LogP contribution in [0.5, 0.6) is 0 Å². The van der Waals surface area contributed by atoms with Crippen molar-refractivity contribution in [2.24, 2.45) is 0 Å². The predicted octanol–water partition coefficient (Wildman–Crippen LogP) is 16.7. The van der Waals surface area contributed by atoms with Crippen LogP contribution in [0.4, 0.5) is 17.1 Å². The summed E-state index contributed by atoms with van der Waals surface area (Å²) in [5.74, 6) is 0. The van der Waals surface area contributed by atoms with Crippen molar-refractivity contribution in [3.63, 3.8) is 0 Å². The van der Waals surface area contributed by atoms with Crippen molar-refractivity contribution in [1.82, 2.24) is 0 Å². The minimum atomic E-state index is 0.875. The van der Waals surface area contributed by atoms with Gasteiger partial charge in [-0.1, -0.05) is 164 Å². The summed E-state index contributed by atoms with van der Waals surface area (Å²) in [6.07, 6.45) is 0. The highest BCUT2D eigenvalue weighted by atomic mass is 16.3. The molecule has 0 aliphatic heterocycles. The van der Waals surface area contributed by atoms with Gasteiger partial charge in [-0.15, -0.1) is 0 Å². The summed E-state index contributed by atoms with van der Waals surface area (Å²) in [6.45, 7) is 0. The third kappa shape index (κ3) is 5.65. The molecule has 60 heavy (non-hydrogen) atoms. The third-order valence-corrected chi connectivity index (χ3v) is 12.2. The van der Waals surface area contributed by atoms with Crippen LogP contribution in [0.2, 0.25) is 0 Å². The Kier molecular flexibility index (Phi) is 7.89. The molecule has 0 amide bonds. The zero-order chi connectivity index (χ0) is 39.6. The second kappa shape index (κ2) is 13.9. The van der Waals surface area contributed by atoms with Gasteiger partial charge >= 0.3 is 0 Å². The smallest absolute Gasteiger partial charge is 0.136 e.